The van der Waals surface area contributed by atoms with E-state index in [1.54, 1.807) is 11.8 Å². The molecule has 0 saturated heterocycles. The molecule has 4 nitrogen and oxygen atoms in total. The van der Waals surface area contributed by atoms with Crippen LogP contribution >= 0.6 is 0 Å². The Labute approximate surface area is 114 Å². The molecule has 0 radical (unpaired) electrons. The molecule has 0 fully saturated rings. The summed E-state index contributed by atoms with van der Waals surface area (Å²) >= 11 is 0. The van der Waals surface area contributed by atoms with Crippen LogP contribution in [0.2, 0.25) is 0 Å². The van der Waals surface area contributed by atoms with E-state index in [2.05, 4.69) is 41.6 Å². The van der Waals surface area contributed by atoms with Gasteiger partial charge in [0.1, 0.15) is 0 Å². The Balaban J connectivity index is 2.19. The molecule has 1 heterocycles. The number of benzene rings is 1. The number of hydrogen-bond acceptors (Lipinski definition) is 3. The van der Waals surface area contributed by atoms with Gasteiger partial charge in [0.15, 0.2) is 0 Å². The van der Waals surface area contributed by atoms with E-state index in [4.69, 9.17) is 4.74 Å². The van der Waals surface area contributed by atoms with Crippen molar-refractivity contribution in [3.63, 3.8) is 0 Å². The Bertz CT molecular complexity index is 561. The van der Waals surface area contributed by atoms with Gasteiger partial charge in [0.05, 0.1) is 18.4 Å². The van der Waals surface area contributed by atoms with E-state index >= 15 is 0 Å². The molecular weight excluding hydrogens is 238 g/mol. The molecule has 1 aromatic carbocycles. The van der Waals surface area contributed by atoms with Crippen LogP contribution in [-0.4, -0.2) is 16.9 Å². The van der Waals surface area contributed by atoms with E-state index in [1.807, 2.05) is 14.0 Å². The molecule has 102 valence electrons. The first-order valence-electron chi connectivity index (χ1n) is 6.55. The summed E-state index contributed by atoms with van der Waals surface area (Å²) in [5, 5.41) is 7.86. The number of aromatic nitrogens is 2. The predicted octanol–water partition coefficient (Wildman–Crippen LogP) is 2.91. The van der Waals surface area contributed by atoms with Crippen LogP contribution in [-0.2, 0) is 20.0 Å². The Hall–Kier alpha value is -1.97. The maximum absolute atomic E-state index is 5.40. The number of para-hydroxylation sites is 1. The molecule has 4 heteroatoms. The molecule has 0 bridgehead atoms. The van der Waals surface area contributed by atoms with Crippen molar-refractivity contribution in [1.29, 1.82) is 0 Å². The monoisotopic (exact) mass is 259 g/mol. The summed E-state index contributed by atoms with van der Waals surface area (Å²) in [6.45, 7) is 4.89. The molecule has 0 aliphatic rings. The first-order chi connectivity index (χ1) is 9.17. The fraction of sp³-hybridized carbons (Fsp3) is 0.400. The van der Waals surface area contributed by atoms with Crippen LogP contribution in [0.3, 0.4) is 0 Å². The number of hydrogen-bond donors (Lipinski definition) is 1. The summed E-state index contributed by atoms with van der Waals surface area (Å²) < 4.78 is 7.18. The number of methoxy groups -OCH3 is 1. The van der Waals surface area contributed by atoms with E-state index in [0.29, 0.717) is 0 Å². The maximum Gasteiger partial charge on any atom is 0.216 e. The van der Waals surface area contributed by atoms with Crippen molar-refractivity contribution in [3.8, 4) is 5.88 Å². The fourth-order valence-electron chi connectivity index (χ4n) is 2.32. The topological polar surface area (TPSA) is 39.1 Å². The van der Waals surface area contributed by atoms with Crippen molar-refractivity contribution in [1.82, 2.24) is 9.78 Å². The SMILES string of the molecule is CCc1ccccc1NCc1c(C)nn(C)c1OC. The third-order valence-electron chi connectivity index (χ3n) is 3.34. The van der Waals surface area contributed by atoms with Gasteiger partial charge < -0.3 is 10.1 Å². The molecule has 0 saturated carbocycles. The van der Waals surface area contributed by atoms with Gasteiger partial charge in [-0.2, -0.15) is 5.10 Å². The van der Waals surface area contributed by atoms with Crippen molar-refractivity contribution in [2.24, 2.45) is 7.05 Å². The zero-order chi connectivity index (χ0) is 13.8. The largest absolute Gasteiger partial charge is 0.481 e. The van der Waals surface area contributed by atoms with E-state index < -0.39 is 0 Å². The Morgan fingerprint density at radius 1 is 1.32 bits per heavy atom. The molecule has 19 heavy (non-hydrogen) atoms. The average Bonchev–Trinajstić information content (AvgIpc) is 2.70. The highest BCUT2D eigenvalue weighted by Gasteiger charge is 2.13. The van der Waals surface area contributed by atoms with E-state index in [0.717, 1.165) is 30.1 Å². The van der Waals surface area contributed by atoms with Crippen LogP contribution < -0.4 is 10.1 Å². The van der Waals surface area contributed by atoms with Crippen molar-refractivity contribution in [3.05, 3.63) is 41.1 Å². The maximum atomic E-state index is 5.40. The minimum atomic E-state index is 0.722. The van der Waals surface area contributed by atoms with Crippen LogP contribution in [0.1, 0.15) is 23.7 Å². The number of aryl methyl sites for hydroxylation is 3. The van der Waals surface area contributed by atoms with E-state index in [9.17, 15) is 0 Å². The fourth-order valence-corrected chi connectivity index (χ4v) is 2.32. The summed E-state index contributed by atoms with van der Waals surface area (Å²) in [7, 11) is 3.58. The highest BCUT2D eigenvalue weighted by molar-refractivity contribution is 5.52. The van der Waals surface area contributed by atoms with Gasteiger partial charge in [0, 0.05) is 19.3 Å². The summed E-state index contributed by atoms with van der Waals surface area (Å²) in [6.07, 6.45) is 1.02. The highest BCUT2D eigenvalue weighted by atomic mass is 16.5. The van der Waals surface area contributed by atoms with Crippen LogP contribution in [0.25, 0.3) is 0 Å². The summed E-state index contributed by atoms with van der Waals surface area (Å²) in [5.41, 5.74) is 4.61. The predicted molar refractivity (Wildman–Crippen MR) is 77.6 cm³/mol. The van der Waals surface area contributed by atoms with E-state index in [-0.39, 0.29) is 0 Å². The molecule has 0 aliphatic heterocycles. The summed E-state index contributed by atoms with van der Waals surface area (Å²) in [5.74, 6) is 0.818. The van der Waals surface area contributed by atoms with Gasteiger partial charge in [-0.25, -0.2) is 4.68 Å². The lowest BCUT2D eigenvalue weighted by Crippen LogP contribution is -2.04. The van der Waals surface area contributed by atoms with Gasteiger partial charge in [0.25, 0.3) is 0 Å². The van der Waals surface area contributed by atoms with Crippen LogP contribution in [0, 0.1) is 6.92 Å². The van der Waals surface area contributed by atoms with Crippen molar-refractivity contribution in [2.75, 3.05) is 12.4 Å². The van der Waals surface area contributed by atoms with Crippen LogP contribution in [0.5, 0.6) is 5.88 Å². The summed E-state index contributed by atoms with van der Waals surface area (Å²) in [4.78, 5) is 0. The lowest BCUT2D eigenvalue weighted by molar-refractivity contribution is 0.370. The smallest absolute Gasteiger partial charge is 0.216 e. The number of rotatable bonds is 5. The second kappa shape index (κ2) is 5.78. The zero-order valence-corrected chi connectivity index (χ0v) is 12.0. The second-order valence-electron chi connectivity index (χ2n) is 4.56. The third-order valence-corrected chi connectivity index (χ3v) is 3.34. The first-order valence-corrected chi connectivity index (χ1v) is 6.55. The molecule has 2 rings (SSSR count). The quantitative estimate of drug-likeness (QED) is 0.897. The summed E-state index contributed by atoms with van der Waals surface area (Å²) in [6, 6.07) is 8.38. The normalized spacial score (nSPS) is 10.5. The molecule has 2 aromatic rings. The molecule has 0 atom stereocenters. The van der Waals surface area contributed by atoms with Crippen LogP contribution in [0.15, 0.2) is 24.3 Å². The van der Waals surface area contributed by atoms with Crippen molar-refractivity contribution in [2.45, 2.75) is 26.8 Å². The Morgan fingerprint density at radius 3 is 2.74 bits per heavy atom. The average molecular weight is 259 g/mol. The Kier molecular flexibility index (Phi) is 4.10. The zero-order valence-electron chi connectivity index (χ0n) is 12.0. The van der Waals surface area contributed by atoms with Gasteiger partial charge >= 0.3 is 0 Å². The number of nitrogens with one attached hydrogen (secondary N) is 1. The van der Waals surface area contributed by atoms with Gasteiger partial charge in [0.2, 0.25) is 5.88 Å². The molecule has 0 amide bonds. The minimum Gasteiger partial charge on any atom is -0.481 e. The third kappa shape index (κ3) is 2.72. The first kappa shape index (κ1) is 13.5. The molecule has 1 aromatic heterocycles. The highest BCUT2D eigenvalue weighted by Crippen LogP contribution is 2.23. The molecule has 0 unspecified atom stereocenters. The van der Waals surface area contributed by atoms with Gasteiger partial charge in [-0.15, -0.1) is 0 Å². The van der Waals surface area contributed by atoms with Crippen molar-refractivity contribution >= 4 is 5.69 Å². The lowest BCUT2D eigenvalue weighted by Gasteiger charge is -2.11. The number of nitrogens with zero attached hydrogens (tertiary/aromatic N) is 2. The number of ether oxygens (including phenoxy) is 1. The molecule has 0 spiro atoms. The van der Waals surface area contributed by atoms with Gasteiger partial charge in [-0.3, -0.25) is 0 Å². The van der Waals surface area contributed by atoms with Gasteiger partial charge in [-0.1, -0.05) is 25.1 Å². The molecule has 0 aliphatic carbocycles. The standard InChI is InChI=1S/C15H21N3O/c1-5-12-8-6-7-9-14(12)16-10-13-11(2)17-18(3)15(13)19-4/h6-9,16H,5,10H2,1-4H3. The lowest BCUT2D eigenvalue weighted by atomic mass is 10.1. The molecule has 1 N–H and O–H groups in total. The number of anilines is 1. The van der Waals surface area contributed by atoms with Gasteiger partial charge in [-0.05, 0) is 25.0 Å². The second-order valence-corrected chi connectivity index (χ2v) is 4.56. The molecular formula is C15H21N3O. The van der Waals surface area contributed by atoms with Crippen molar-refractivity contribution < 1.29 is 4.74 Å². The van der Waals surface area contributed by atoms with E-state index in [1.165, 1.54) is 11.3 Å². The minimum absolute atomic E-state index is 0.722. The van der Waals surface area contributed by atoms with Crippen LogP contribution in [0.4, 0.5) is 5.69 Å². The Morgan fingerprint density at radius 2 is 2.05 bits per heavy atom.